The molecule has 2 aliphatic rings. The number of rotatable bonds is 7. The molecule has 162 valence electrons. The molecule has 1 fully saturated rings. The van der Waals surface area contributed by atoms with E-state index in [1.54, 1.807) is 0 Å². The fourth-order valence-corrected chi connectivity index (χ4v) is 4.63. The van der Waals surface area contributed by atoms with Crippen LogP contribution in [0.2, 0.25) is 0 Å². The average Bonchev–Trinajstić information content (AvgIpc) is 3.12. The zero-order chi connectivity index (χ0) is 20.9. The van der Waals surface area contributed by atoms with Gasteiger partial charge in [0.05, 0.1) is 25.3 Å². The SMILES string of the molecule is CCn1nc(CN2CCC(CNC(=O)Cc3ccccc3C)CC2)c2c1CCOC2. The maximum absolute atomic E-state index is 12.3. The summed E-state index contributed by atoms with van der Waals surface area (Å²) in [6, 6.07) is 8.11. The Morgan fingerprint density at radius 1 is 1.27 bits per heavy atom. The molecule has 0 spiro atoms. The summed E-state index contributed by atoms with van der Waals surface area (Å²) in [5.41, 5.74) is 6.16. The lowest BCUT2D eigenvalue weighted by atomic mass is 9.96. The molecule has 6 heteroatoms. The second kappa shape index (κ2) is 9.75. The maximum atomic E-state index is 12.3. The normalized spacial score (nSPS) is 17.7. The highest BCUT2D eigenvalue weighted by Crippen LogP contribution is 2.24. The molecule has 1 aromatic carbocycles. The number of ether oxygens (including phenoxy) is 1. The van der Waals surface area contributed by atoms with Gasteiger partial charge in [0.15, 0.2) is 0 Å². The molecule has 6 nitrogen and oxygen atoms in total. The van der Waals surface area contributed by atoms with Gasteiger partial charge in [-0.25, -0.2) is 0 Å². The molecule has 1 amide bonds. The van der Waals surface area contributed by atoms with Crippen molar-refractivity contribution < 1.29 is 9.53 Å². The third kappa shape index (κ3) is 4.93. The highest BCUT2D eigenvalue weighted by molar-refractivity contribution is 5.78. The Labute approximate surface area is 179 Å². The van der Waals surface area contributed by atoms with Crippen LogP contribution in [0.1, 0.15) is 47.8 Å². The van der Waals surface area contributed by atoms with Crippen molar-refractivity contribution in [3.63, 3.8) is 0 Å². The zero-order valence-corrected chi connectivity index (χ0v) is 18.3. The van der Waals surface area contributed by atoms with Crippen LogP contribution in [0.25, 0.3) is 0 Å². The number of amides is 1. The molecule has 0 unspecified atom stereocenters. The van der Waals surface area contributed by atoms with E-state index >= 15 is 0 Å². The van der Waals surface area contributed by atoms with Gasteiger partial charge in [-0.1, -0.05) is 24.3 Å². The van der Waals surface area contributed by atoms with Crippen molar-refractivity contribution >= 4 is 5.91 Å². The summed E-state index contributed by atoms with van der Waals surface area (Å²) in [5.74, 6) is 0.691. The Hall–Kier alpha value is -2.18. The number of nitrogens with one attached hydrogen (secondary N) is 1. The van der Waals surface area contributed by atoms with Crippen molar-refractivity contribution in [1.82, 2.24) is 20.0 Å². The number of piperidine rings is 1. The summed E-state index contributed by atoms with van der Waals surface area (Å²) in [5, 5.41) is 8.02. The largest absolute Gasteiger partial charge is 0.376 e. The van der Waals surface area contributed by atoms with Crippen LogP contribution < -0.4 is 5.32 Å². The van der Waals surface area contributed by atoms with E-state index in [9.17, 15) is 4.79 Å². The van der Waals surface area contributed by atoms with Gasteiger partial charge in [-0.15, -0.1) is 0 Å². The van der Waals surface area contributed by atoms with Crippen LogP contribution in [0, 0.1) is 12.8 Å². The molecule has 0 radical (unpaired) electrons. The number of aryl methyl sites for hydroxylation is 2. The van der Waals surface area contributed by atoms with Crippen molar-refractivity contribution in [2.75, 3.05) is 26.2 Å². The number of carbonyl (C=O) groups excluding carboxylic acids is 1. The highest BCUT2D eigenvalue weighted by atomic mass is 16.5. The Morgan fingerprint density at radius 3 is 2.83 bits per heavy atom. The summed E-state index contributed by atoms with van der Waals surface area (Å²) in [4.78, 5) is 14.8. The monoisotopic (exact) mass is 410 g/mol. The lowest BCUT2D eigenvalue weighted by Gasteiger charge is -2.31. The van der Waals surface area contributed by atoms with Gasteiger partial charge in [0.25, 0.3) is 0 Å². The van der Waals surface area contributed by atoms with Gasteiger partial charge in [0, 0.05) is 37.3 Å². The number of hydrogen-bond acceptors (Lipinski definition) is 4. The third-order valence-electron chi connectivity index (χ3n) is 6.56. The Bertz CT molecular complexity index is 868. The Balaban J connectivity index is 1.23. The van der Waals surface area contributed by atoms with E-state index in [0.29, 0.717) is 18.9 Å². The van der Waals surface area contributed by atoms with Crippen LogP contribution in [0.5, 0.6) is 0 Å². The van der Waals surface area contributed by atoms with Crippen LogP contribution in [0.15, 0.2) is 24.3 Å². The molecule has 0 aliphatic carbocycles. The molecular weight excluding hydrogens is 376 g/mol. The van der Waals surface area contributed by atoms with Gasteiger partial charge in [-0.3, -0.25) is 14.4 Å². The van der Waals surface area contributed by atoms with E-state index in [1.165, 1.54) is 22.5 Å². The number of hydrogen-bond donors (Lipinski definition) is 1. The smallest absolute Gasteiger partial charge is 0.224 e. The third-order valence-corrected chi connectivity index (χ3v) is 6.56. The molecule has 0 bridgehead atoms. The minimum atomic E-state index is 0.128. The van der Waals surface area contributed by atoms with E-state index in [0.717, 1.165) is 64.2 Å². The van der Waals surface area contributed by atoms with Crippen molar-refractivity contribution in [2.45, 2.75) is 59.2 Å². The molecule has 4 rings (SSSR count). The molecule has 0 atom stereocenters. The molecule has 2 aromatic rings. The molecule has 1 N–H and O–H groups in total. The van der Waals surface area contributed by atoms with Crippen molar-refractivity contribution in [2.24, 2.45) is 5.92 Å². The summed E-state index contributed by atoms with van der Waals surface area (Å²) in [6.07, 6.45) is 3.69. The van der Waals surface area contributed by atoms with Gasteiger partial charge in [-0.2, -0.15) is 5.10 Å². The summed E-state index contributed by atoms with van der Waals surface area (Å²) >= 11 is 0. The minimum absolute atomic E-state index is 0.128. The molecule has 1 saturated heterocycles. The van der Waals surface area contributed by atoms with E-state index in [2.05, 4.69) is 34.8 Å². The van der Waals surface area contributed by atoms with Crippen LogP contribution in [0.4, 0.5) is 0 Å². The van der Waals surface area contributed by atoms with Crippen molar-refractivity contribution in [3.8, 4) is 0 Å². The predicted octanol–water partition coefficient (Wildman–Crippen LogP) is 2.86. The minimum Gasteiger partial charge on any atom is -0.376 e. The van der Waals surface area contributed by atoms with Gasteiger partial charge < -0.3 is 10.1 Å². The molecule has 2 aliphatic heterocycles. The van der Waals surface area contributed by atoms with Gasteiger partial charge >= 0.3 is 0 Å². The Kier molecular flexibility index (Phi) is 6.85. The number of fused-ring (bicyclic) bond motifs is 1. The average molecular weight is 411 g/mol. The number of carbonyl (C=O) groups is 1. The second-order valence-electron chi connectivity index (χ2n) is 8.62. The lowest BCUT2D eigenvalue weighted by Crippen LogP contribution is -2.39. The molecule has 0 saturated carbocycles. The van der Waals surface area contributed by atoms with Gasteiger partial charge in [0.1, 0.15) is 0 Å². The Morgan fingerprint density at radius 2 is 2.07 bits per heavy atom. The highest BCUT2D eigenvalue weighted by Gasteiger charge is 2.25. The fraction of sp³-hybridized carbons (Fsp3) is 0.583. The number of likely N-dealkylation sites (tertiary alicyclic amines) is 1. The van der Waals surface area contributed by atoms with Crippen LogP contribution >= 0.6 is 0 Å². The maximum Gasteiger partial charge on any atom is 0.224 e. The van der Waals surface area contributed by atoms with Crippen LogP contribution in [-0.2, 0) is 42.1 Å². The van der Waals surface area contributed by atoms with Crippen LogP contribution in [-0.4, -0.2) is 46.8 Å². The van der Waals surface area contributed by atoms with Crippen molar-refractivity contribution in [3.05, 3.63) is 52.3 Å². The van der Waals surface area contributed by atoms with Crippen LogP contribution in [0.3, 0.4) is 0 Å². The zero-order valence-electron chi connectivity index (χ0n) is 18.3. The summed E-state index contributed by atoms with van der Waals surface area (Å²) < 4.78 is 7.85. The number of benzene rings is 1. The van der Waals surface area contributed by atoms with Gasteiger partial charge in [-0.05, 0) is 56.8 Å². The fourth-order valence-electron chi connectivity index (χ4n) is 4.63. The number of aromatic nitrogens is 2. The predicted molar refractivity (Wildman–Crippen MR) is 117 cm³/mol. The van der Waals surface area contributed by atoms with Gasteiger partial charge in [0.2, 0.25) is 5.91 Å². The van der Waals surface area contributed by atoms with Crippen molar-refractivity contribution in [1.29, 1.82) is 0 Å². The van der Waals surface area contributed by atoms with E-state index in [1.807, 2.05) is 18.2 Å². The molecule has 30 heavy (non-hydrogen) atoms. The van der Waals surface area contributed by atoms with E-state index < -0.39 is 0 Å². The summed E-state index contributed by atoms with van der Waals surface area (Å²) in [6.45, 7) is 10.5. The summed E-state index contributed by atoms with van der Waals surface area (Å²) in [7, 11) is 0. The topological polar surface area (TPSA) is 59.4 Å². The first-order chi connectivity index (χ1) is 14.6. The first kappa shape index (κ1) is 21.1. The molecule has 3 heterocycles. The standard InChI is InChI=1S/C24H34N4O2/c1-3-28-23-10-13-30-17-21(23)22(26-28)16-27-11-8-19(9-12-27)15-25-24(29)14-20-7-5-4-6-18(20)2/h4-7,19H,3,8-17H2,1-2H3,(H,25,29). The van der Waals surface area contributed by atoms with E-state index in [4.69, 9.17) is 9.84 Å². The first-order valence-electron chi connectivity index (χ1n) is 11.3. The quantitative estimate of drug-likeness (QED) is 0.763. The molecule has 1 aromatic heterocycles. The number of nitrogens with zero attached hydrogens (tertiary/aromatic N) is 3. The molecular formula is C24H34N4O2. The first-order valence-corrected chi connectivity index (χ1v) is 11.3. The van der Waals surface area contributed by atoms with E-state index in [-0.39, 0.29) is 5.91 Å². The second-order valence-corrected chi connectivity index (χ2v) is 8.62. The lowest BCUT2D eigenvalue weighted by molar-refractivity contribution is -0.120.